The number of carbonyl (C=O) groups excluding carboxylic acids is 2. The summed E-state index contributed by atoms with van der Waals surface area (Å²) in [5.41, 5.74) is 5.07. The second-order valence-corrected chi connectivity index (χ2v) is 5.75. The van der Waals surface area contributed by atoms with E-state index in [1.165, 1.54) is 19.1 Å². The standard InChI is InChI=1S/C18H18F3N3O2/c1-11-7-8-13(9-14(11)18(19,20)21)23-16(25)10-15(24-17(22)26)12-5-3-2-4-6-12/h2-9,15H,10H2,1H3,(H,23,25)(H3,22,24,26). The van der Waals surface area contributed by atoms with E-state index < -0.39 is 29.7 Å². The van der Waals surface area contributed by atoms with E-state index in [-0.39, 0.29) is 17.7 Å². The first kappa shape index (κ1) is 19.3. The largest absolute Gasteiger partial charge is 0.416 e. The van der Waals surface area contributed by atoms with Crippen LogP contribution in [0.4, 0.5) is 23.7 Å². The van der Waals surface area contributed by atoms with Crippen LogP contribution in [0.5, 0.6) is 0 Å². The van der Waals surface area contributed by atoms with Gasteiger partial charge in [0.05, 0.1) is 18.0 Å². The quantitative estimate of drug-likeness (QED) is 0.754. The first-order valence-electron chi connectivity index (χ1n) is 7.75. The molecule has 0 aromatic heterocycles. The Kier molecular flexibility index (Phi) is 5.86. The molecule has 26 heavy (non-hydrogen) atoms. The zero-order chi connectivity index (χ0) is 19.3. The first-order valence-corrected chi connectivity index (χ1v) is 7.75. The average molecular weight is 365 g/mol. The van der Waals surface area contributed by atoms with E-state index in [9.17, 15) is 22.8 Å². The van der Waals surface area contributed by atoms with Crippen LogP contribution in [0.2, 0.25) is 0 Å². The van der Waals surface area contributed by atoms with E-state index in [0.29, 0.717) is 5.56 Å². The molecule has 1 atom stereocenters. The third-order valence-electron chi connectivity index (χ3n) is 3.73. The molecule has 8 heteroatoms. The van der Waals surface area contributed by atoms with Gasteiger partial charge in [0, 0.05) is 5.69 Å². The molecule has 0 saturated heterocycles. The predicted molar refractivity (Wildman–Crippen MR) is 91.3 cm³/mol. The number of benzene rings is 2. The number of rotatable bonds is 5. The molecule has 0 aliphatic heterocycles. The van der Waals surface area contributed by atoms with Gasteiger partial charge in [-0.1, -0.05) is 36.4 Å². The topological polar surface area (TPSA) is 84.2 Å². The van der Waals surface area contributed by atoms with Gasteiger partial charge in [0.2, 0.25) is 5.91 Å². The zero-order valence-electron chi connectivity index (χ0n) is 13.9. The van der Waals surface area contributed by atoms with Crippen LogP contribution in [-0.4, -0.2) is 11.9 Å². The Morgan fingerprint density at radius 1 is 1.12 bits per heavy atom. The maximum absolute atomic E-state index is 13.0. The SMILES string of the molecule is Cc1ccc(NC(=O)CC(NC(N)=O)c2ccccc2)cc1C(F)(F)F. The molecule has 0 bridgehead atoms. The van der Waals surface area contributed by atoms with Crippen molar-refractivity contribution in [2.24, 2.45) is 5.73 Å². The fourth-order valence-electron chi connectivity index (χ4n) is 2.51. The molecule has 5 nitrogen and oxygen atoms in total. The van der Waals surface area contributed by atoms with Gasteiger partial charge in [-0.15, -0.1) is 0 Å². The highest BCUT2D eigenvalue weighted by Gasteiger charge is 2.32. The summed E-state index contributed by atoms with van der Waals surface area (Å²) in [4.78, 5) is 23.4. The molecule has 2 aromatic carbocycles. The lowest BCUT2D eigenvalue weighted by Gasteiger charge is -2.18. The minimum atomic E-state index is -4.51. The van der Waals surface area contributed by atoms with Crippen molar-refractivity contribution >= 4 is 17.6 Å². The number of hydrogen-bond donors (Lipinski definition) is 3. The summed E-state index contributed by atoms with van der Waals surface area (Å²) in [5.74, 6) is -0.551. The van der Waals surface area contributed by atoms with Crippen molar-refractivity contribution in [2.75, 3.05) is 5.32 Å². The number of anilines is 1. The van der Waals surface area contributed by atoms with E-state index in [1.54, 1.807) is 30.3 Å². The van der Waals surface area contributed by atoms with Gasteiger partial charge in [-0.3, -0.25) is 4.79 Å². The molecule has 0 saturated carbocycles. The van der Waals surface area contributed by atoms with Gasteiger partial charge in [0.15, 0.2) is 0 Å². The van der Waals surface area contributed by atoms with Gasteiger partial charge in [-0.05, 0) is 30.2 Å². The maximum atomic E-state index is 13.0. The van der Waals surface area contributed by atoms with Crippen LogP contribution in [0, 0.1) is 6.92 Å². The highest BCUT2D eigenvalue weighted by Crippen LogP contribution is 2.33. The molecule has 0 fully saturated rings. The van der Waals surface area contributed by atoms with Gasteiger partial charge < -0.3 is 16.4 Å². The number of hydrogen-bond acceptors (Lipinski definition) is 2. The van der Waals surface area contributed by atoms with Crippen molar-refractivity contribution in [2.45, 2.75) is 25.6 Å². The number of carbonyl (C=O) groups is 2. The Morgan fingerprint density at radius 2 is 1.77 bits per heavy atom. The molecular weight excluding hydrogens is 347 g/mol. The highest BCUT2D eigenvalue weighted by atomic mass is 19.4. The van der Waals surface area contributed by atoms with Crippen molar-refractivity contribution in [1.82, 2.24) is 5.32 Å². The molecule has 0 radical (unpaired) electrons. The molecule has 0 aliphatic carbocycles. The fraction of sp³-hybridized carbons (Fsp3) is 0.222. The second-order valence-electron chi connectivity index (χ2n) is 5.75. The van der Waals surface area contributed by atoms with Crippen LogP contribution in [-0.2, 0) is 11.0 Å². The van der Waals surface area contributed by atoms with E-state index in [4.69, 9.17) is 5.73 Å². The molecule has 138 valence electrons. The molecule has 3 amide bonds. The van der Waals surface area contributed by atoms with Gasteiger partial charge in [-0.25, -0.2) is 4.79 Å². The monoisotopic (exact) mass is 365 g/mol. The van der Waals surface area contributed by atoms with Crippen molar-refractivity contribution in [3.63, 3.8) is 0 Å². The van der Waals surface area contributed by atoms with Gasteiger partial charge in [0.25, 0.3) is 0 Å². The average Bonchev–Trinajstić information content (AvgIpc) is 2.55. The molecule has 2 rings (SSSR count). The number of nitrogens with two attached hydrogens (primary N) is 1. The third kappa shape index (κ3) is 5.23. The third-order valence-corrected chi connectivity index (χ3v) is 3.73. The minimum Gasteiger partial charge on any atom is -0.352 e. The van der Waals surface area contributed by atoms with E-state index in [2.05, 4.69) is 10.6 Å². The molecule has 2 aromatic rings. The zero-order valence-corrected chi connectivity index (χ0v) is 13.9. The van der Waals surface area contributed by atoms with Gasteiger partial charge in [-0.2, -0.15) is 13.2 Å². The number of amides is 3. The van der Waals surface area contributed by atoms with Crippen LogP contribution >= 0.6 is 0 Å². The molecule has 1 unspecified atom stereocenters. The lowest BCUT2D eigenvalue weighted by atomic mass is 10.0. The highest BCUT2D eigenvalue weighted by molar-refractivity contribution is 5.91. The van der Waals surface area contributed by atoms with E-state index in [0.717, 1.165) is 6.07 Å². The van der Waals surface area contributed by atoms with Crippen molar-refractivity contribution in [1.29, 1.82) is 0 Å². The van der Waals surface area contributed by atoms with Crippen LogP contribution < -0.4 is 16.4 Å². The first-order chi connectivity index (χ1) is 12.2. The Morgan fingerprint density at radius 3 is 2.35 bits per heavy atom. The molecule has 0 spiro atoms. The Bertz CT molecular complexity index is 792. The molecule has 4 N–H and O–H groups in total. The second kappa shape index (κ2) is 7.90. The Hall–Kier alpha value is -3.03. The maximum Gasteiger partial charge on any atom is 0.416 e. The summed E-state index contributed by atoms with van der Waals surface area (Å²) < 4.78 is 38.9. The summed E-state index contributed by atoms with van der Waals surface area (Å²) >= 11 is 0. The van der Waals surface area contributed by atoms with Crippen LogP contribution in [0.3, 0.4) is 0 Å². The number of primary amides is 1. The summed E-state index contributed by atoms with van der Waals surface area (Å²) in [5, 5.41) is 4.88. The summed E-state index contributed by atoms with van der Waals surface area (Å²) in [6, 6.07) is 10.7. The minimum absolute atomic E-state index is 0.0267. The number of alkyl halides is 3. The summed E-state index contributed by atoms with van der Waals surface area (Å²) in [6.45, 7) is 1.34. The lowest BCUT2D eigenvalue weighted by molar-refractivity contribution is -0.138. The van der Waals surface area contributed by atoms with E-state index in [1.807, 2.05) is 0 Å². The van der Waals surface area contributed by atoms with Gasteiger partial charge in [0.1, 0.15) is 0 Å². The lowest BCUT2D eigenvalue weighted by Crippen LogP contribution is -2.35. The van der Waals surface area contributed by atoms with Crippen molar-refractivity contribution in [3.8, 4) is 0 Å². The Labute approximate surface area is 148 Å². The molecule has 0 heterocycles. The van der Waals surface area contributed by atoms with Gasteiger partial charge >= 0.3 is 12.2 Å². The molecule has 0 aliphatic rings. The van der Waals surface area contributed by atoms with Crippen LogP contribution in [0.15, 0.2) is 48.5 Å². The summed E-state index contributed by atoms with van der Waals surface area (Å²) in [6.07, 6.45) is -4.69. The predicted octanol–water partition coefficient (Wildman–Crippen LogP) is 3.75. The van der Waals surface area contributed by atoms with Crippen LogP contribution in [0.1, 0.15) is 29.2 Å². The number of halogens is 3. The molecular formula is C18H18F3N3O2. The van der Waals surface area contributed by atoms with Crippen molar-refractivity contribution < 1.29 is 22.8 Å². The van der Waals surface area contributed by atoms with Crippen molar-refractivity contribution in [3.05, 3.63) is 65.2 Å². The number of aryl methyl sites for hydroxylation is 1. The Balaban J connectivity index is 2.14. The van der Waals surface area contributed by atoms with E-state index >= 15 is 0 Å². The smallest absolute Gasteiger partial charge is 0.352 e. The van der Waals surface area contributed by atoms with Crippen LogP contribution in [0.25, 0.3) is 0 Å². The summed E-state index contributed by atoms with van der Waals surface area (Å²) in [7, 11) is 0. The number of urea groups is 1. The normalized spacial score (nSPS) is 12.3. The number of nitrogens with one attached hydrogen (secondary N) is 2. The fourth-order valence-corrected chi connectivity index (χ4v) is 2.51.